The maximum Gasteiger partial charge on any atom is 0.191 e. The van der Waals surface area contributed by atoms with Crippen molar-refractivity contribution in [1.29, 1.82) is 0 Å². The number of rotatable bonds is 7. The van der Waals surface area contributed by atoms with E-state index in [4.69, 9.17) is 9.47 Å². The van der Waals surface area contributed by atoms with E-state index >= 15 is 0 Å². The molecule has 0 unspecified atom stereocenters. The van der Waals surface area contributed by atoms with Gasteiger partial charge in [0.1, 0.15) is 0 Å². The van der Waals surface area contributed by atoms with Crippen LogP contribution in [0.4, 0.5) is 0 Å². The van der Waals surface area contributed by atoms with E-state index in [1.165, 1.54) is 33.4 Å². The molecule has 0 radical (unpaired) electrons. The molecule has 3 aromatic carbocycles. The van der Waals surface area contributed by atoms with Crippen LogP contribution in [-0.4, -0.2) is 19.0 Å². The quantitative estimate of drug-likeness (QED) is 0.395. The molecule has 152 valence electrons. The molecule has 0 N–H and O–H groups in total. The first-order chi connectivity index (χ1) is 14.7. The number of hydrogen-bond acceptors (Lipinski definition) is 2. The van der Waals surface area contributed by atoms with E-state index in [2.05, 4.69) is 84.9 Å². The van der Waals surface area contributed by atoms with Crippen LogP contribution in [0.25, 0.3) is 27.8 Å². The maximum absolute atomic E-state index is 5.86. The fourth-order valence-electron chi connectivity index (χ4n) is 3.90. The molecule has 0 saturated carbocycles. The van der Waals surface area contributed by atoms with Crippen molar-refractivity contribution in [3.8, 4) is 22.3 Å². The normalized spacial score (nSPS) is 15.1. The molecule has 0 amide bonds. The monoisotopic (exact) mass is 396 g/mol. The van der Waals surface area contributed by atoms with Crippen LogP contribution in [0.3, 0.4) is 0 Å². The van der Waals surface area contributed by atoms with Gasteiger partial charge in [-0.1, -0.05) is 91.0 Å². The van der Waals surface area contributed by atoms with Crippen LogP contribution in [-0.2, 0) is 9.47 Å². The molecule has 2 heteroatoms. The van der Waals surface area contributed by atoms with Crippen molar-refractivity contribution < 1.29 is 9.47 Å². The second-order valence-corrected chi connectivity index (χ2v) is 7.40. The van der Waals surface area contributed by atoms with Gasteiger partial charge in [0.2, 0.25) is 0 Å². The van der Waals surface area contributed by atoms with Gasteiger partial charge in [-0.2, -0.15) is 0 Å². The topological polar surface area (TPSA) is 18.5 Å². The Balaban J connectivity index is 1.48. The standard InChI is InChI=1S/C28H28O2/c1-3-29-28(30-4-2)20-18-27(19-21-28)26-16-14-25(15-17-26)24-12-10-23(11-13-24)22-8-6-5-7-9-22/h5-20H,3-4,21H2,1-2H3. The predicted octanol–water partition coefficient (Wildman–Crippen LogP) is 7.13. The number of ether oxygens (including phenoxy) is 2. The van der Waals surface area contributed by atoms with Gasteiger partial charge in [0, 0.05) is 19.6 Å². The summed E-state index contributed by atoms with van der Waals surface area (Å²) in [5.74, 6) is -0.618. The summed E-state index contributed by atoms with van der Waals surface area (Å²) >= 11 is 0. The third-order valence-corrected chi connectivity index (χ3v) is 5.44. The smallest absolute Gasteiger partial charge is 0.191 e. The Morgan fingerprint density at radius 1 is 0.633 bits per heavy atom. The number of allylic oxidation sites excluding steroid dienone is 2. The Morgan fingerprint density at radius 2 is 1.10 bits per heavy atom. The van der Waals surface area contributed by atoms with Crippen LogP contribution < -0.4 is 0 Å². The van der Waals surface area contributed by atoms with Gasteiger partial charge in [0.15, 0.2) is 5.79 Å². The van der Waals surface area contributed by atoms with Gasteiger partial charge in [-0.3, -0.25) is 0 Å². The largest absolute Gasteiger partial charge is 0.346 e. The van der Waals surface area contributed by atoms with Crippen molar-refractivity contribution in [3.05, 3.63) is 103 Å². The maximum atomic E-state index is 5.86. The minimum Gasteiger partial charge on any atom is -0.346 e. The molecule has 1 aliphatic rings. The van der Waals surface area contributed by atoms with Crippen LogP contribution in [0.5, 0.6) is 0 Å². The first-order valence-electron chi connectivity index (χ1n) is 10.7. The highest BCUT2D eigenvalue weighted by Gasteiger charge is 2.29. The third kappa shape index (κ3) is 4.46. The molecule has 0 spiro atoms. The van der Waals surface area contributed by atoms with Crippen LogP contribution >= 0.6 is 0 Å². The van der Waals surface area contributed by atoms with Crippen LogP contribution in [0.2, 0.25) is 0 Å². The van der Waals surface area contributed by atoms with Gasteiger partial charge in [-0.15, -0.1) is 0 Å². The summed E-state index contributed by atoms with van der Waals surface area (Å²) in [6, 6.07) is 28.0. The molecular formula is C28H28O2. The predicted molar refractivity (Wildman–Crippen MR) is 125 cm³/mol. The first-order valence-corrected chi connectivity index (χ1v) is 10.7. The molecule has 0 saturated heterocycles. The Kier molecular flexibility index (Phi) is 6.27. The Hall–Kier alpha value is -2.94. The molecule has 1 aliphatic carbocycles. The molecule has 4 rings (SSSR count). The average Bonchev–Trinajstić information content (AvgIpc) is 2.81. The zero-order valence-electron chi connectivity index (χ0n) is 17.7. The lowest BCUT2D eigenvalue weighted by atomic mass is 9.94. The van der Waals surface area contributed by atoms with Gasteiger partial charge >= 0.3 is 0 Å². The molecule has 3 aromatic rings. The van der Waals surface area contributed by atoms with Crippen molar-refractivity contribution in [1.82, 2.24) is 0 Å². The molecule has 0 fully saturated rings. The van der Waals surface area contributed by atoms with Gasteiger partial charge < -0.3 is 9.47 Å². The summed E-state index contributed by atoms with van der Waals surface area (Å²) in [4.78, 5) is 0. The second-order valence-electron chi connectivity index (χ2n) is 7.40. The summed E-state index contributed by atoms with van der Waals surface area (Å²) < 4.78 is 11.7. The molecule has 0 aliphatic heterocycles. The Labute approximate surface area is 179 Å². The fourth-order valence-corrected chi connectivity index (χ4v) is 3.90. The molecular weight excluding hydrogens is 368 g/mol. The highest BCUT2D eigenvalue weighted by Crippen LogP contribution is 2.32. The van der Waals surface area contributed by atoms with E-state index in [0.717, 1.165) is 6.42 Å². The van der Waals surface area contributed by atoms with Crippen LogP contribution in [0.1, 0.15) is 25.8 Å². The van der Waals surface area contributed by atoms with Crippen LogP contribution in [0.15, 0.2) is 97.1 Å². The summed E-state index contributed by atoms with van der Waals surface area (Å²) in [6.07, 6.45) is 7.09. The van der Waals surface area contributed by atoms with E-state index < -0.39 is 5.79 Å². The molecule has 0 atom stereocenters. The van der Waals surface area contributed by atoms with Crippen molar-refractivity contribution in [2.45, 2.75) is 26.1 Å². The SMILES string of the molecule is CCOC1(OCC)C=CC(c2ccc(-c3ccc(-c4ccccc4)cc3)cc2)=CC1. The number of benzene rings is 3. The zero-order chi connectivity index (χ0) is 20.8. The highest BCUT2D eigenvalue weighted by molar-refractivity contribution is 5.77. The lowest BCUT2D eigenvalue weighted by Gasteiger charge is -2.31. The minimum absolute atomic E-state index is 0.618. The summed E-state index contributed by atoms with van der Waals surface area (Å²) in [5.41, 5.74) is 7.33. The van der Waals surface area contributed by atoms with Crippen molar-refractivity contribution in [2.24, 2.45) is 0 Å². The van der Waals surface area contributed by atoms with Crippen molar-refractivity contribution in [2.75, 3.05) is 13.2 Å². The lowest BCUT2D eigenvalue weighted by Crippen LogP contribution is -2.34. The van der Waals surface area contributed by atoms with Gasteiger partial charge in [-0.25, -0.2) is 0 Å². The zero-order valence-corrected chi connectivity index (χ0v) is 17.7. The fraction of sp³-hybridized carbons (Fsp3) is 0.214. The average molecular weight is 397 g/mol. The minimum atomic E-state index is -0.618. The summed E-state index contributed by atoms with van der Waals surface area (Å²) in [5, 5.41) is 0. The van der Waals surface area contributed by atoms with E-state index in [1.54, 1.807) is 0 Å². The lowest BCUT2D eigenvalue weighted by molar-refractivity contribution is -0.197. The third-order valence-electron chi connectivity index (χ3n) is 5.44. The van der Waals surface area contributed by atoms with E-state index in [1.807, 2.05) is 26.0 Å². The van der Waals surface area contributed by atoms with Crippen molar-refractivity contribution in [3.63, 3.8) is 0 Å². The Morgan fingerprint density at radius 3 is 1.53 bits per heavy atom. The van der Waals surface area contributed by atoms with Crippen molar-refractivity contribution >= 4 is 5.57 Å². The van der Waals surface area contributed by atoms with E-state index in [9.17, 15) is 0 Å². The Bertz CT molecular complexity index is 1010. The van der Waals surface area contributed by atoms with E-state index in [0.29, 0.717) is 13.2 Å². The van der Waals surface area contributed by atoms with Gasteiger partial charge in [0.05, 0.1) is 0 Å². The summed E-state index contributed by atoms with van der Waals surface area (Å²) in [6.45, 7) is 5.26. The summed E-state index contributed by atoms with van der Waals surface area (Å²) in [7, 11) is 0. The second kappa shape index (κ2) is 9.25. The first kappa shape index (κ1) is 20.3. The van der Waals surface area contributed by atoms with E-state index in [-0.39, 0.29) is 0 Å². The highest BCUT2D eigenvalue weighted by atomic mass is 16.7. The molecule has 0 aromatic heterocycles. The molecule has 30 heavy (non-hydrogen) atoms. The molecule has 0 bridgehead atoms. The molecule has 0 heterocycles. The molecule has 2 nitrogen and oxygen atoms in total. The number of hydrogen-bond donors (Lipinski definition) is 0. The van der Waals surface area contributed by atoms with Gasteiger partial charge in [-0.05, 0) is 53.3 Å². The van der Waals surface area contributed by atoms with Gasteiger partial charge in [0.25, 0.3) is 0 Å². The van der Waals surface area contributed by atoms with Crippen LogP contribution in [0, 0.1) is 0 Å².